The summed E-state index contributed by atoms with van der Waals surface area (Å²) in [5, 5.41) is 11.6. The number of hydrogen-bond donors (Lipinski definition) is 0. The number of hydrogen-bond acceptors (Lipinski definition) is 4. The molecular weight excluding hydrogens is 839 g/mol. The van der Waals surface area contributed by atoms with Crippen molar-refractivity contribution in [2.45, 2.75) is 47.7 Å². The van der Waals surface area contributed by atoms with Crippen LogP contribution in [0.1, 0.15) is 62.3 Å². The molecule has 4 nitrogen and oxygen atoms in total. The van der Waals surface area contributed by atoms with Crippen LogP contribution in [-0.2, 0) is 26.5 Å². The van der Waals surface area contributed by atoms with E-state index in [1.54, 1.807) is 36.4 Å². The van der Waals surface area contributed by atoms with Crippen molar-refractivity contribution in [2.24, 2.45) is 5.41 Å². The molecule has 3 heterocycles. The maximum atomic E-state index is 10.2. The van der Waals surface area contributed by atoms with Crippen LogP contribution in [0, 0.1) is 49.4 Å². The number of nitrogens with zero attached hydrogens (tertiary/aromatic N) is 3. The molecule has 0 amide bonds. The Morgan fingerprint density at radius 1 is 0.741 bits per heavy atom. The van der Waals surface area contributed by atoms with Gasteiger partial charge in [0.05, 0.1) is 6.95 Å². The van der Waals surface area contributed by atoms with Crippen LogP contribution in [-0.4, -0.2) is 9.97 Å². The normalized spacial score (nSPS) is 14.5. The smallest absolute Gasteiger partial charge is 0.139 e. The summed E-state index contributed by atoms with van der Waals surface area (Å²) >= 11 is 0. The summed E-state index contributed by atoms with van der Waals surface area (Å²) in [4.78, 5) is 8.62. The van der Waals surface area contributed by atoms with Gasteiger partial charge in [-0.15, -0.1) is 54.1 Å². The fourth-order valence-electron chi connectivity index (χ4n) is 6.35. The van der Waals surface area contributed by atoms with Crippen LogP contribution in [0.15, 0.2) is 132 Å². The number of rotatable bonds is 5. The van der Waals surface area contributed by atoms with E-state index in [1.165, 1.54) is 18.5 Å². The summed E-state index contributed by atoms with van der Waals surface area (Å²) in [6.07, 6.45) is 3.14. The minimum absolute atomic E-state index is 0. The van der Waals surface area contributed by atoms with Crippen LogP contribution in [0.4, 0.5) is 0 Å². The topological polar surface area (TPSA) is 62.7 Å². The summed E-state index contributed by atoms with van der Waals surface area (Å²) in [5.41, 5.74) is 5.67. The van der Waals surface area contributed by atoms with E-state index < -0.39 is 20.6 Å². The van der Waals surface area contributed by atoms with Crippen molar-refractivity contribution in [2.75, 3.05) is 0 Å². The molecule has 0 aliphatic rings. The second kappa shape index (κ2) is 16.1. The van der Waals surface area contributed by atoms with E-state index in [2.05, 4.69) is 28.2 Å². The van der Waals surface area contributed by atoms with Crippen molar-refractivity contribution in [1.82, 2.24) is 9.97 Å². The molecule has 8 aromatic rings. The van der Waals surface area contributed by atoms with Gasteiger partial charge in [-0.1, -0.05) is 111 Å². The van der Waals surface area contributed by atoms with Crippen molar-refractivity contribution >= 4 is 21.9 Å². The third-order valence-electron chi connectivity index (χ3n) is 8.71. The molecule has 0 saturated heterocycles. The average molecular weight is 890 g/mol. The number of benzene rings is 5. The molecule has 0 fully saturated rings. The zero-order valence-electron chi connectivity index (χ0n) is 39.8. The molecule has 1 radical (unpaired) electrons. The Morgan fingerprint density at radius 3 is 2.24 bits per heavy atom. The molecule has 5 aromatic carbocycles. The minimum atomic E-state index is -2.64. The molecule has 0 atom stereocenters. The summed E-state index contributed by atoms with van der Waals surface area (Å²) in [5.74, 6) is 0. The Balaban J connectivity index is 0.000000336. The molecule has 5 heteroatoms. The van der Waals surface area contributed by atoms with Crippen LogP contribution in [0.3, 0.4) is 0 Å². The first-order valence-corrected chi connectivity index (χ1v) is 17.1. The van der Waals surface area contributed by atoms with Crippen molar-refractivity contribution in [3.63, 3.8) is 0 Å². The largest absolute Gasteiger partial charge is 0.499 e. The van der Waals surface area contributed by atoms with Crippen LogP contribution in [0.25, 0.3) is 66.7 Å². The standard InChI is InChI=1S/C37H31N2O.C12H10N.Ir/c1-23-18-25(20-37(3,4)5)14-15-27(23)32-19-34(39-22-24(32)2)31-13-9-12-29-30-17-16-28(26-10-7-6-8-11-26)33(21-38)36(30)40-35(29)31;1-10-7-8-12(13-9-10)11-5-3-2-4-6-11;/h6-12,14-19,22H,20H2,1-5H3;2-5,7-9H,1H3;/q2*-1;/i1D3,2D3,15D;1D3;. The van der Waals surface area contributed by atoms with Crippen molar-refractivity contribution in [3.8, 4) is 50.8 Å². The van der Waals surface area contributed by atoms with Crippen molar-refractivity contribution < 1.29 is 38.2 Å². The number of aromatic nitrogens is 2. The van der Waals surface area contributed by atoms with Gasteiger partial charge in [0, 0.05) is 55.8 Å². The monoisotopic (exact) mass is 890 g/mol. The van der Waals surface area contributed by atoms with E-state index in [1.807, 2.05) is 87.5 Å². The van der Waals surface area contributed by atoms with Crippen LogP contribution in [0.5, 0.6) is 0 Å². The van der Waals surface area contributed by atoms with Gasteiger partial charge in [0.1, 0.15) is 17.2 Å². The third kappa shape index (κ3) is 8.12. The molecule has 54 heavy (non-hydrogen) atoms. The fourth-order valence-corrected chi connectivity index (χ4v) is 6.35. The molecule has 269 valence electrons. The predicted molar refractivity (Wildman–Crippen MR) is 217 cm³/mol. The van der Waals surface area contributed by atoms with Gasteiger partial charge in [-0.3, -0.25) is 0 Å². The summed E-state index contributed by atoms with van der Waals surface area (Å²) < 4.78 is 87.0. The van der Waals surface area contributed by atoms with E-state index in [4.69, 9.17) is 18.1 Å². The van der Waals surface area contributed by atoms with Gasteiger partial charge in [0.2, 0.25) is 0 Å². The van der Waals surface area contributed by atoms with E-state index >= 15 is 0 Å². The zero-order valence-corrected chi connectivity index (χ0v) is 32.2. The molecule has 0 unspecified atom stereocenters. The van der Waals surface area contributed by atoms with Crippen LogP contribution in [0.2, 0.25) is 0 Å². The maximum absolute atomic E-state index is 10.2. The van der Waals surface area contributed by atoms with Gasteiger partial charge in [0.25, 0.3) is 0 Å². The van der Waals surface area contributed by atoms with Gasteiger partial charge >= 0.3 is 0 Å². The molecule has 0 bridgehead atoms. The Bertz CT molecular complexity index is 2980. The number of pyridine rings is 2. The van der Waals surface area contributed by atoms with Gasteiger partial charge in [-0.25, -0.2) is 0 Å². The molecule has 3 aromatic heterocycles. The first-order chi connectivity index (χ1) is 29.6. The van der Waals surface area contributed by atoms with E-state index in [0.29, 0.717) is 39.7 Å². The summed E-state index contributed by atoms with van der Waals surface area (Å²) in [6, 6.07) is 40.7. The minimum Gasteiger partial charge on any atom is -0.499 e. The Morgan fingerprint density at radius 2 is 1.54 bits per heavy atom. The molecule has 0 spiro atoms. The second-order valence-electron chi connectivity index (χ2n) is 13.9. The van der Waals surface area contributed by atoms with Crippen molar-refractivity contribution in [3.05, 3.63) is 168 Å². The SMILES string of the molecule is [2H]C([2H])([2H])c1ccc(-c2[c-]cccc2)nc1.[2H]c1cc(CC(C)(C)C)cc(C([2H])([2H])[2H])c1-c1cc(-c2[c-]ccc3c2oc2c(C#N)c(-c4ccccc4)ccc23)ncc1C([2H])([2H])[2H].[Ir]. The second-order valence-corrected chi connectivity index (χ2v) is 13.9. The maximum Gasteiger partial charge on any atom is 0.139 e. The average Bonchev–Trinajstić information content (AvgIpc) is 3.61. The van der Waals surface area contributed by atoms with Crippen LogP contribution >= 0.6 is 0 Å². The van der Waals surface area contributed by atoms with Gasteiger partial charge in [0.15, 0.2) is 0 Å². The van der Waals surface area contributed by atoms with Crippen LogP contribution < -0.4 is 0 Å². The number of furan rings is 1. The Kier molecular flexibility index (Phi) is 8.08. The molecule has 0 saturated carbocycles. The van der Waals surface area contributed by atoms with E-state index in [9.17, 15) is 5.26 Å². The van der Waals surface area contributed by atoms with E-state index in [-0.39, 0.29) is 65.1 Å². The molecule has 8 rings (SSSR count). The zero-order chi connectivity index (χ0) is 45.5. The number of nitriles is 1. The van der Waals surface area contributed by atoms with E-state index in [0.717, 1.165) is 27.8 Å². The summed E-state index contributed by atoms with van der Waals surface area (Å²) in [7, 11) is 0. The third-order valence-corrected chi connectivity index (χ3v) is 8.71. The van der Waals surface area contributed by atoms with Crippen molar-refractivity contribution in [1.29, 1.82) is 5.26 Å². The molecular formula is C49H41IrN3O-2. The predicted octanol–water partition coefficient (Wildman–Crippen LogP) is 12.7. The Hall–Kier alpha value is -5.66. The van der Waals surface area contributed by atoms with Gasteiger partial charge < -0.3 is 14.4 Å². The Labute approximate surface area is 346 Å². The number of fused-ring (bicyclic) bond motifs is 3. The van der Waals surface area contributed by atoms with Gasteiger partial charge in [-0.2, -0.15) is 5.26 Å². The first-order valence-electron chi connectivity index (χ1n) is 22.1. The first kappa shape index (κ1) is 27.0. The fraction of sp³-hybridized carbons (Fsp3) is 0.163. The molecule has 0 aliphatic carbocycles. The van der Waals surface area contributed by atoms with Gasteiger partial charge in [-0.05, 0) is 82.7 Å². The quantitative estimate of drug-likeness (QED) is 0.162. The molecule has 0 N–H and O–H groups in total. The number of aryl methyl sites for hydroxylation is 3. The molecule has 0 aliphatic heterocycles. The summed E-state index contributed by atoms with van der Waals surface area (Å²) in [6.45, 7) is -1.28.